The van der Waals surface area contributed by atoms with Crippen LogP contribution < -0.4 is 4.74 Å². The number of nitrogens with zero attached hydrogens (tertiary/aromatic N) is 2. The lowest BCUT2D eigenvalue weighted by Gasteiger charge is -2.03. The standard InChI is InChI=1S/C14H12N2O3/c1-19-13-9-11(17)7-8-12(13)15-16-14(18)10-5-3-2-4-6-10/h2-9,17H,1H3. The molecule has 2 rings (SSSR count). The predicted molar refractivity (Wildman–Crippen MR) is 69.9 cm³/mol. The van der Waals surface area contributed by atoms with E-state index in [-0.39, 0.29) is 5.75 Å². The summed E-state index contributed by atoms with van der Waals surface area (Å²) in [5.41, 5.74) is 0.841. The van der Waals surface area contributed by atoms with Crippen molar-refractivity contribution in [1.82, 2.24) is 0 Å². The zero-order valence-electron chi connectivity index (χ0n) is 10.3. The minimum absolute atomic E-state index is 0.0604. The molecule has 0 atom stereocenters. The minimum atomic E-state index is -0.435. The summed E-state index contributed by atoms with van der Waals surface area (Å²) >= 11 is 0. The average molecular weight is 256 g/mol. The Labute approximate surface area is 110 Å². The molecule has 0 aliphatic heterocycles. The summed E-state index contributed by atoms with van der Waals surface area (Å²) in [6.07, 6.45) is 0. The molecular weight excluding hydrogens is 244 g/mol. The van der Waals surface area contributed by atoms with Gasteiger partial charge in [0.05, 0.1) is 7.11 Å². The van der Waals surface area contributed by atoms with Crippen LogP contribution in [0.5, 0.6) is 11.5 Å². The van der Waals surface area contributed by atoms with Gasteiger partial charge in [-0.05, 0) is 24.3 Å². The molecule has 2 aromatic rings. The van der Waals surface area contributed by atoms with E-state index >= 15 is 0 Å². The fourth-order valence-electron chi connectivity index (χ4n) is 1.49. The molecule has 0 aliphatic carbocycles. The molecule has 0 aliphatic rings. The third-order valence-corrected chi connectivity index (χ3v) is 2.43. The lowest BCUT2D eigenvalue weighted by atomic mass is 10.2. The summed E-state index contributed by atoms with van der Waals surface area (Å²) in [7, 11) is 1.45. The highest BCUT2D eigenvalue weighted by atomic mass is 16.5. The SMILES string of the molecule is COc1cc(O)ccc1N=NC(=O)c1ccccc1. The molecule has 0 unspecified atom stereocenters. The first-order valence-electron chi connectivity index (χ1n) is 5.59. The van der Waals surface area contributed by atoms with Crippen molar-refractivity contribution >= 4 is 11.6 Å². The number of amides is 1. The third kappa shape index (κ3) is 3.16. The van der Waals surface area contributed by atoms with E-state index in [1.165, 1.54) is 25.3 Å². The summed E-state index contributed by atoms with van der Waals surface area (Å²) in [5, 5.41) is 16.8. The highest BCUT2D eigenvalue weighted by molar-refractivity contribution is 5.94. The first-order chi connectivity index (χ1) is 9.20. The van der Waals surface area contributed by atoms with E-state index in [2.05, 4.69) is 10.2 Å². The molecule has 5 nitrogen and oxygen atoms in total. The third-order valence-electron chi connectivity index (χ3n) is 2.43. The number of phenolic OH excluding ortho intramolecular Hbond substituents is 1. The highest BCUT2D eigenvalue weighted by Crippen LogP contribution is 2.31. The smallest absolute Gasteiger partial charge is 0.295 e. The summed E-state index contributed by atoms with van der Waals surface area (Å²) in [4.78, 5) is 11.7. The van der Waals surface area contributed by atoms with Crippen LogP contribution in [0.3, 0.4) is 0 Å². The minimum Gasteiger partial charge on any atom is -0.508 e. The highest BCUT2D eigenvalue weighted by Gasteiger charge is 2.05. The molecule has 1 amide bonds. The second-order valence-corrected chi connectivity index (χ2v) is 3.73. The van der Waals surface area contributed by atoms with Crippen molar-refractivity contribution in [3.8, 4) is 11.5 Å². The van der Waals surface area contributed by atoms with Crippen LogP contribution in [0.1, 0.15) is 10.4 Å². The predicted octanol–water partition coefficient (Wildman–Crippen LogP) is 3.32. The molecule has 0 saturated heterocycles. The molecule has 0 fully saturated rings. The van der Waals surface area contributed by atoms with Crippen LogP contribution >= 0.6 is 0 Å². The van der Waals surface area contributed by atoms with Crippen molar-refractivity contribution in [1.29, 1.82) is 0 Å². The van der Waals surface area contributed by atoms with E-state index < -0.39 is 5.91 Å². The van der Waals surface area contributed by atoms with Crippen molar-refractivity contribution in [2.45, 2.75) is 0 Å². The molecule has 5 heteroatoms. The number of benzene rings is 2. The van der Waals surface area contributed by atoms with Crippen molar-refractivity contribution in [2.75, 3.05) is 7.11 Å². The van der Waals surface area contributed by atoms with Gasteiger partial charge in [0.25, 0.3) is 5.91 Å². The van der Waals surface area contributed by atoms with Crippen LogP contribution in [0, 0.1) is 0 Å². The molecule has 0 radical (unpaired) electrons. The number of carbonyl (C=O) groups is 1. The number of hydrogen-bond donors (Lipinski definition) is 1. The monoisotopic (exact) mass is 256 g/mol. The first kappa shape index (κ1) is 12.8. The number of carbonyl (C=O) groups excluding carboxylic acids is 1. The Morgan fingerprint density at radius 1 is 1.16 bits per heavy atom. The van der Waals surface area contributed by atoms with Crippen LogP contribution in [0.4, 0.5) is 5.69 Å². The van der Waals surface area contributed by atoms with Crippen LogP contribution in [-0.4, -0.2) is 18.1 Å². The van der Waals surface area contributed by atoms with Gasteiger partial charge in [-0.15, -0.1) is 10.2 Å². The molecule has 1 N–H and O–H groups in total. The number of phenols is 1. The number of ether oxygens (including phenoxy) is 1. The van der Waals surface area contributed by atoms with Gasteiger partial charge >= 0.3 is 0 Å². The molecule has 2 aromatic carbocycles. The van der Waals surface area contributed by atoms with Crippen molar-refractivity contribution in [3.63, 3.8) is 0 Å². The fraction of sp³-hybridized carbons (Fsp3) is 0.0714. The van der Waals surface area contributed by atoms with Gasteiger partial charge < -0.3 is 9.84 Å². The van der Waals surface area contributed by atoms with Crippen LogP contribution in [0.2, 0.25) is 0 Å². The molecule has 96 valence electrons. The second-order valence-electron chi connectivity index (χ2n) is 3.73. The van der Waals surface area contributed by atoms with Gasteiger partial charge in [0.2, 0.25) is 0 Å². The van der Waals surface area contributed by atoms with Crippen molar-refractivity contribution in [2.24, 2.45) is 10.2 Å². The van der Waals surface area contributed by atoms with Crippen LogP contribution in [-0.2, 0) is 0 Å². The van der Waals surface area contributed by atoms with E-state index in [0.717, 1.165) is 0 Å². The number of aromatic hydroxyl groups is 1. The first-order valence-corrected chi connectivity index (χ1v) is 5.59. The lowest BCUT2D eigenvalue weighted by Crippen LogP contribution is -1.92. The normalized spacial score (nSPS) is 10.6. The van der Waals surface area contributed by atoms with E-state index in [4.69, 9.17) is 4.74 Å². The Balaban J connectivity index is 2.21. The largest absolute Gasteiger partial charge is 0.508 e. The Bertz CT molecular complexity index is 609. The molecule has 0 spiro atoms. The van der Waals surface area contributed by atoms with Gasteiger partial charge in [0.15, 0.2) is 0 Å². The van der Waals surface area contributed by atoms with E-state index in [9.17, 15) is 9.90 Å². The molecule has 0 aromatic heterocycles. The second kappa shape index (κ2) is 5.77. The molecule has 0 saturated carbocycles. The van der Waals surface area contributed by atoms with Gasteiger partial charge in [0.1, 0.15) is 17.2 Å². The number of rotatable bonds is 3. The maximum atomic E-state index is 11.7. The van der Waals surface area contributed by atoms with Crippen LogP contribution in [0.25, 0.3) is 0 Å². The molecule has 19 heavy (non-hydrogen) atoms. The fourth-order valence-corrected chi connectivity index (χ4v) is 1.49. The average Bonchev–Trinajstić information content (AvgIpc) is 2.46. The zero-order valence-corrected chi connectivity index (χ0v) is 10.3. The Morgan fingerprint density at radius 2 is 1.89 bits per heavy atom. The summed E-state index contributed by atoms with van der Waals surface area (Å²) in [5.74, 6) is -0.0227. The topological polar surface area (TPSA) is 71.2 Å². The van der Waals surface area contributed by atoms with Crippen molar-refractivity contribution in [3.05, 3.63) is 54.1 Å². The molecular formula is C14H12N2O3. The Kier molecular flexibility index (Phi) is 3.87. The van der Waals surface area contributed by atoms with E-state index in [1.807, 2.05) is 6.07 Å². The summed E-state index contributed by atoms with van der Waals surface area (Å²) < 4.78 is 5.04. The van der Waals surface area contributed by atoms with Crippen LogP contribution in [0.15, 0.2) is 58.8 Å². The molecule has 0 heterocycles. The maximum absolute atomic E-state index is 11.7. The van der Waals surface area contributed by atoms with Gasteiger partial charge in [-0.3, -0.25) is 4.79 Å². The Hall–Kier alpha value is -2.69. The van der Waals surface area contributed by atoms with Gasteiger partial charge in [-0.25, -0.2) is 0 Å². The van der Waals surface area contributed by atoms with E-state index in [1.54, 1.807) is 24.3 Å². The number of azo groups is 1. The maximum Gasteiger partial charge on any atom is 0.295 e. The summed E-state index contributed by atoms with van der Waals surface area (Å²) in [6.45, 7) is 0. The summed E-state index contributed by atoms with van der Waals surface area (Å²) in [6, 6.07) is 13.0. The number of hydrogen-bond acceptors (Lipinski definition) is 4. The van der Waals surface area contributed by atoms with E-state index in [0.29, 0.717) is 17.0 Å². The Morgan fingerprint density at radius 3 is 2.58 bits per heavy atom. The van der Waals surface area contributed by atoms with Gasteiger partial charge in [-0.2, -0.15) is 0 Å². The quantitative estimate of drug-likeness (QED) is 0.856. The van der Waals surface area contributed by atoms with Gasteiger partial charge in [0, 0.05) is 11.6 Å². The molecule has 0 bridgehead atoms. The van der Waals surface area contributed by atoms with Gasteiger partial charge in [-0.1, -0.05) is 18.2 Å². The van der Waals surface area contributed by atoms with Crippen molar-refractivity contribution < 1.29 is 14.6 Å². The number of methoxy groups -OCH3 is 1. The lowest BCUT2D eigenvalue weighted by molar-refractivity contribution is 0.0995. The zero-order chi connectivity index (χ0) is 13.7.